The molecule has 0 spiro atoms. The number of hydrogen-bond donors (Lipinski definition) is 3. The number of fused-ring (bicyclic) bond motifs is 2. The molecule has 1 heterocycles. The molecular formula is C28H20F3N3O2. The second-order valence-electron chi connectivity index (χ2n) is 8.40. The minimum absolute atomic E-state index is 0.0528. The molecule has 8 heteroatoms. The van der Waals surface area contributed by atoms with Crippen LogP contribution >= 0.6 is 0 Å². The number of carbonyl (C=O) groups is 1. The van der Waals surface area contributed by atoms with Crippen LogP contribution in [0.25, 0.3) is 21.7 Å². The minimum atomic E-state index is -4.63. The van der Waals surface area contributed by atoms with Crippen molar-refractivity contribution in [3.63, 3.8) is 0 Å². The van der Waals surface area contributed by atoms with Gasteiger partial charge in [0.2, 0.25) is 5.56 Å². The molecule has 5 aromatic rings. The first-order valence-corrected chi connectivity index (χ1v) is 11.1. The highest BCUT2D eigenvalue weighted by molar-refractivity contribution is 6.06. The maximum atomic E-state index is 13.4. The summed E-state index contributed by atoms with van der Waals surface area (Å²) in [6.45, 7) is 0. The molecule has 3 N–H and O–H groups in total. The summed E-state index contributed by atoms with van der Waals surface area (Å²) in [5.41, 5.74) is 1.16. The standard InChI is InChI=1S/C28H20F3N3O2/c29-28(30,31)23-16-26(35)33-25-13-10-18(15-22(23)25)14-17-8-11-20(12-9-17)32-27(36)34-24-7-3-5-19-4-1-2-6-21(19)24/h1-13,15-16H,14H2,(H,33,35)(H2,32,34,36). The number of benzene rings is 4. The van der Waals surface area contributed by atoms with Crippen molar-refractivity contribution < 1.29 is 18.0 Å². The first kappa shape index (κ1) is 23.2. The lowest BCUT2D eigenvalue weighted by molar-refractivity contribution is -0.136. The van der Waals surface area contributed by atoms with Crippen LogP contribution in [0.3, 0.4) is 0 Å². The Labute approximate surface area is 203 Å². The van der Waals surface area contributed by atoms with Crippen LogP contribution in [0.1, 0.15) is 16.7 Å². The second-order valence-corrected chi connectivity index (χ2v) is 8.40. The molecular weight excluding hydrogens is 467 g/mol. The van der Waals surface area contributed by atoms with Gasteiger partial charge in [-0.1, -0.05) is 54.6 Å². The molecule has 4 aromatic carbocycles. The number of amides is 2. The van der Waals surface area contributed by atoms with E-state index in [1.54, 1.807) is 30.3 Å². The predicted molar refractivity (Wildman–Crippen MR) is 135 cm³/mol. The van der Waals surface area contributed by atoms with Gasteiger partial charge in [0.05, 0.1) is 11.3 Å². The molecule has 0 aliphatic heterocycles. The molecule has 0 unspecified atom stereocenters. The van der Waals surface area contributed by atoms with Crippen LogP contribution in [0, 0.1) is 0 Å². The van der Waals surface area contributed by atoms with E-state index in [1.165, 1.54) is 12.1 Å². The zero-order valence-electron chi connectivity index (χ0n) is 18.8. The number of hydrogen-bond acceptors (Lipinski definition) is 2. The maximum Gasteiger partial charge on any atom is 0.417 e. The van der Waals surface area contributed by atoms with Gasteiger partial charge in [-0.3, -0.25) is 4.79 Å². The number of alkyl halides is 3. The summed E-state index contributed by atoms with van der Waals surface area (Å²) in [5, 5.41) is 7.54. The molecule has 0 radical (unpaired) electrons. The van der Waals surface area contributed by atoms with Crippen LogP contribution in [0.5, 0.6) is 0 Å². The van der Waals surface area contributed by atoms with E-state index in [9.17, 15) is 22.8 Å². The molecule has 0 saturated heterocycles. The fraction of sp³-hybridized carbons (Fsp3) is 0.0714. The predicted octanol–water partition coefficient (Wildman–Crippen LogP) is 6.93. The van der Waals surface area contributed by atoms with Crippen LogP contribution in [0.15, 0.2) is 95.8 Å². The Balaban J connectivity index is 1.30. The number of pyridine rings is 1. The van der Waals surface area contributed by atoms with Gasteiger partial charge in [-0.05, 0) is 53.3 Å². The molecule has 0 atom stereocenters. The normalized spacial score (nSPS) is 11.5. The highest BCUT2D eigenvalue weighted by atomic mass is 19.4. The van der Waals surface area contributed by atoms with Gasteiger partial charge in [-0.2, -0.15) is 13.2 Å². The molecule has 180 valence electrons. The van der Waals surface area contributed by atoms with Gasteiger partial charge in [0.15, 0.2) is 0 Å². The largest absolute Gasteiger partial charge is 0.417 e. The van der Waals surface area contributed by atoms with E-state index in [1.807, 2.05) is 42.5 Å². The summed E-state index contributed by atoms with van der Waals surface area (Å²) in [6.07, 6.45) is -4.25. The van der Waals surface area contributed by atoms with E-state index in [-0.39, 0.29) is 16.9 Å². The van der Waals surface area contributed by atoms with Crippen molar-refractivity contribution in [2.45, 2.75) is 12.6 Å². The van der Waals surface area contributed by atoms with Crippen LogP contribution in [0.2, 0.25) is 0 Å². The average molecular weight is 487 g/mol. The van der Waals surface area contributed by atoms with Crippen LogP contribution < -0.4 is 16.2 Å². The van der Waals surface area contributed by atoms with E-state index in [2.05, 4.69) is 15.6 Å². The highest BCUT2D eigenvalue weighted by Crippen LogP contribution is 2.34. The number of urea groups is 1. The fourth-order valence-corrected chi connectivity index (χ4v) is 4.21. The number of rotatable bonds is 4. The summed E-state index contributed by atoms with van der Waals surface area (Å²) >= 11 is 0. The van der Waals surface area contributed by atoms with E-state index in [0.717, 1.165) is 16.3 Å². The van der Waals surface area contributed by atoms with Crippen molar-refractivity contribution in [2.75, 3.05) is 10.6 Å². The van der Waals surface area contributed by atoms with Crippen molar-refractivity contribution in [2.24, 2.45) is 0 Å². The third-order valence-electron chi connectivity index (χ3n) is 5.87. The highest BCUT2D eigenvalue weighted by Gasteiger charge is 2.33. The monoisotopic (exact) mass is 487 g/mol. The molecule has 36 heavy (non-hydrogen) atoms. The first-order valence-electron chi connectivity index (χ1n) is 11.1. The number of aromatic nitrogens is 1. The van der Waals surface area contributed by atoms with E-state index in [0.29, 0.717) is 29.4 Å². The second kappa shape index (κ2) is 9.22. The average Bonchev–Trinajstić information content (AvgIpc) is 2.84. The topological polar surface area (TPSA) is 74.0 Å². The van der Waals surface area contributed by atoms with E-state index in [4.69, 9.17) is 0 Å². The summed E-state index contributed by atoms with van der Waals surface area (Å²) < 4.78 is 40.3. The fourth-order valence-electron chi connectivity index (χ4n) is 4.21. The molecule has 0 aliphatic rings. The molecule has 0 aliphatic carbocycles. The number of anilines is 2. The number of nitrogens with one attached hydrogen (secondary N) is 3. The number of halogens is 3. The lowest BCUT2D eigenvalue weighted by atomic mass is 10.0. The zero-order chi connectivity index (χ0) is 25.3. The molecule has 1 aromatic heterocycles. The van der Waals surface area contributed by atoms with E-state index >= 15 is 0 Å². The maximum absolute atomic E-state index is 13.4. The van der Waals surface area contributed by atoms with Crippen molar-refractivity contribution in [3.05, 3.63) is 118 Å². The Hall–Kier alpha value is -4.59. The number of H-pyrrole nitrogens is 1. The number of aromatic amines is 1. The third kappa shape index (κ3) is 4.93. The summed E-state index contributed by atoms with van der Waals surface area (Å²) in [6, 6.07) is 25.3. The Kier molecular flexibility index (Phi) is 5.93. The van der Waals surface area contributed by atoms with Gasteiger partial charge in [0.25, 0.3) is 0 Å². The van der Waals surface area contributed by atoms with Crippen molar-refractivity contribution in [1.29, 1.82) is 0 Å². The first-order chi connectivity index (χ1) is 17.3. The van der Waals surface area contributed by atoms with Crippen LogP contribution in [-0.4, -0.2) is 11.0 Å². The molecule has 0 saturated carbocycles. The van der Waals surface area contributed by atoms with Gasteiger partial charge in [0.1, 0.15) is 0 Å². The van der Waals surface area contributed by atoms with Crippen molar-refractivity contribution in [1.82, 2.24) is 4.98 Å². The Morgan fingerprint density at radius 2 is 1.50 bits per heavy atom. The molecule has 0 bridgehead atoms. The molecule has 2 amide bonds. The van der Waals surface area contributed by atoms with Crippen LogP contribution in [0.4, 0.5) is 29.3 Å². The minimum Gasteiger partial charge on any atom is -0.322 e. The summed E-state index contributed by atoms with van der Waals surface area (Å²) in [4.78, 5) is 26.6. The Bertz CT molecular complexity index is 1640. The molecule has 0 fully saturated rings. The number of carbonyl (C=O) groups excluding carboxylic acids is 1. The summed E-state index contributed by atoms with van der Waals surface area (Å²) in [5.74, 6) is 0. The molecule has 5 nitrogen and oxygen atoms in total. The third-order valence-corrected chi connectivity index (χ3v) is 5.87. The van der Waals surface area contributed by atoms with Gasteiger partial charge < -0.3 is 15.6 Å². The van der Waals surface area contributed by atoms with Gasteiger partial charge in [-0.15, -0.1) is 0 Å². The smallest absolute Gasteiger partial charge is 0.322 e. The van der Waals surface area contributed by atoms with Crippen LogP contribution in [-0.2, 0) is 12.6 Å². The van der Waals surface area contributed by atoms with Crippen molar-refractivity contribution in [3.8, 4) is 0 Å². The zero-order valence-corrected chi connectivity index (χ0v) is 18.8. The van der Waals surface area contributed by atoms with E-state index < -0.39 is 17.3 Å². The lowest BCUT2D eigenvalue weighted by Gasteiger charge is -2.12. The van der Waals surface area contributed by atoms with Gasteiger partial charge in [0, 0.05) is 28.0 Å². The molecule has 5 rings (SSSR count). The van der Waals surface area contributed by atoms with Crippen molar-refractivity contribution >= 4 is 39.1 Å². The Morgan fingerprint density at radius 1 is 0.778 bits per heavy atom. The summed E-state index contributed by atoms with van der Waals surface area (Å²) in [7, 11) is 0. The van der Waals surface area contributed by atoms with Gasteiger partial charge in [-0.25, -0.2) is 4.79 Å². The lowest BCUT2D eigenvalue weighted by Crippen LogP contribution is -2.19. The SMILES string of the molecule is O=C(Nc1ccc(Cc2ccc3[nH]c(=O)cc(C(F)(F)F)c3c2)cc1)Nc1cccc2ccccc12. The Morgan fingerprint density at radius 3 is 2.28 bits per heavy atom. The quantitative estimate of drug-likeness (QED) is 0.257. The van der Waals surface area contributed by atoms with Gasteiger partial charge >= 0.3 is 12.2 Å².